The second kappa shape index (κ2) is 8.16. The fraction of sp³-hybridized carbons (Fsp3) is 0.368. The average molecular weight is 284 g/mol. The van der Waals surface area contributed by atoms with Crippen LogP contribution in [0.25, 0.3) is 0 Å². The Kier molecular flexibility index (Phi) is 6.20. The van der Waals surface area contributed by atoms with Crippen molar-refractivity contribution in [2.45, 2.75) is 55.7 Å². The second-order valence-electron chi connectivity index (χ2n) is 5.32. The molecule has 0 unspecified atom stereocenters. The Morgan fingerprint density at radius 3 is 2.30 bits per heavy atom. The summed E-state index contributed by atoms with van der Waals surface area (Å²) in [5.41, 5.74) is 2.82. The first kappa shape index (κ1) is 15.2. The van der Waals surface area contributed by atoms with E-state index in [4.69, 9.17) is 0 Å². The van der Waals surface area contributed by atoms with E-state index in [0.29, 0.717) is 0 Å². The third-order valence-corrected chi connectivity index (χ3v) is 4.75. The van der Waals surface area contributed by atoms with Crippen molar-refractivity contribution in [3.05, 3.63) is 59.7 Å². The van der Waals surface area contributed by atoms with Gasteiger partial charge in [-0.2, -0.15) is 0 Å². The van der Waals surface area contributed by atoms with Crippen molar-refractivity contribution in [1.82, 2.24) is 0 Å². The number of hydrogen-bond donors (Lipinski definition) is 0. The summed E-state index contributed by atoms with van der Waals surface area (Å²) in [5.74, 6) is 0. The highest BCUT2D eigenvalue weighted by Gasteiger charge is 2.01. The smallest absolute Gasteiger partial charge is 0.0151 e. The van der Waals surface area contributed by atoms with Gasteiger partial charge in [-0.3, -0.25) is 0 Å². The topological polar surface area (TPSA) is 0 Å². The molecule has 0 fully saturated rings. The second-order valence-corrected chi connectivity index (χ2v) is 6.44. The lowest BCUT2D eigenvalue weighted by molar-refractivity contribution is 0.667. The number of benzene rings is 2. The fourth-order valence-corrected chi connectivity index (χ4v) is 3.18. The molecule has 0 heterocycles. The van der Waals surface area contributed by atoms with Gasteiger partial charge in [0.2, 0.25) is 0 Å². The molecule has 0 aliphatic carbocycles. The van der Waals surface area contributed by atoms with Crippen LogP contribution in [0, 0.1) is 6.92 Å². The molecule has 0 aliphatic heterocycles. The highest BCUT2D eigenvalue weighted by molar-refractivity contribution is 7.99. The molecule has 0 spiro atoms. The lowest BCUT2D eigenvalue weighted by Gasteiger charge is -2.06. The van der Waals surface area contributed by atoms with Crippen molar-refractivity contribution < 1.29 is 0 Å². The first-order valence-electron chi connectivity index (χ1n) is 7.62. The normalized spacial score (nSPS) is 10.7. The van der Waals surface area contributed by atoms with Crippen molar-refractivity contribution >= 4 is 11.8 Å². The van der Waals surface area contributed by atoms with Gasteiger partial charge in [-0.1, -0.05) is 68.3 Å². The summed E-state index contributed by atoms with van der Waals surface area (Å²) in [5, 5.41) is 0. The number of rotatable bonds is 7. The molecule has 0 aliphatic rings. The molecular weight excluding hydrogens is 260 g/mol. The average Bonchev–Trinajstić information content (AvgIpc) is 2.48. The van der Waals surface area contributed by atoms with Crippen LogP contribution in [0.15, 0.2) is 58.3 Å². The third kappa shape index (κ3) is 4.72. The molecule has 0 bridgehead atoms. The van der Waals surface area contributed by atoms with Crippen LogP contribution in [0.5, 0.6) is 0 Å². The van der Waals surface area contributed by atoms with Gasteiger partial charge in [-0.05, 0) is 49.1 Å². The molecule has 0 atom stereocenters. The Morgan fingerprint density at radius 1 is 0.850 bits per heavy atom. The quantitative estimate of drug-likeness (QED) is 0.540. The summed E-state index contributed by atoms with van der Waals surface area (Å²) < 4.78 is 0. The van der Waals surface area contributed by atoms with Crippen LogP contribution in [0.1, 0.15) is 43.7 Å². The fourth-order valence-electron chi connectivity index (χ4n) is 2.28. The molecule has 2 aromatic carbocycles. The van der Waals surface area contributed by atoms with Gasteiger partial charge in [0, 0.05) is 9.79 Å². The van der Waals surface area contributed by atoms with Gasteiger partial charge in [0.05, 0.1) is 0 Å². The monoisotopic (exact) mass is 284 g/mol. The molecule has 0 aromatic heterocycles. The summed E-state index contributed by atoms with van der Waals surface area (Å²) in [4.78, 5) is 2.68. The van der Waals surface area contributed by atoms with Gasteiger partial charge in [-0.25, -0.2) is 0 Å². The molecule has 20 heavy (non-hydrogen) atoms. The molecule has 0 nitrogen and oxygen atoms in total. The van der Waals surface area contributed by atoms with E-state index < -0.39 is 0 Å². The molecule has 0 N–H and O–H groups in total. The van der Waals surface area contributed by atoms with Crippen molar-refractivity contribution in [1.29, 1.82) is 0 Å². The van der Waals surface area contributed by atoms with E-state index in [1.807, 2.05) is 11.8 Å². The van der Waals surface area contributed by atoms with Crippen LogP contribution in [-0.4, -0.2) is 0 Å². The molecule has 0 saturated carbocycles. The van der Waals surface area contributed by atoms with Crippen LogP contribution in [0.3, 0.4) is 0 Å². The largest absolute Gasteiger partial charge is 0.0898 e. The van der Waals surface area contributed by atoms with Gasteiger partial charge in [0.1, 0.15) is 0 Å². The Labute approximate surface area is 127 Å². The van der Waals surface area contributed by atoms with E-state index >= 15 is 0 Å². The van der Waals surface area contributed by atoms with Crippen LogP contribution in [0.2, 0.25) is 0 Å². The van der Waals surface area contributed by atoms with Crippen LogP contribution >= 0.6 is 11.8 Å². The van der Waals surface area contributed by atoms with Gasteiger partial charge in [0.25, 0.3) is 0 Å². The van der Waals surface area contributed by atoms with Crippen molar-refractivity contribution in [2.24, 2.45) is 0 Å². The van der Waals surface area contributed by atoms with Crippen molar-refractivity contribution in [2.75, 3.05) is 0 Å². The van der Waals surface area contributed by atoms with Crippen molar-refractivity contribution in [3.8, 4) is 0 Å². The minimum atomic E-state index is 1.22. The minimum Gasteiger partial charge on any atom is -0.0898 e. The summed E-state index contributed by atoms with van der Waals surface area (Å²) in [6, 6.07) is 17.6. The lowest BCUT2D eigenvalue weighted by atomic mass is 10.1. The van der Waals surface area contributed by atoms with Crippen LogP contribution in [-0.2, 0) is 6.42 Å². The van der Waals surface area contributed by atoms with Gasteiger partial charge < -0.3 is 0 Å². The van der Waals surface area contributed by atoms with Gasteiger partial charge in [-0.15, -0.1) is 0 Å². The summed E-state index contributed by atoms with van der Waals surface area (Å²) >= 11 is 1.85. The Bertz CT molecular complexity index is 514. The van der Waals surface area contributed by atoms with Gasteiger partial charge >= 0.3 is 0 Å². The molecule has 0 saturated heterocycles. The maximum Gasteiger partial charge on any atom is 0.0151 e. The molecule has 0 amide bonds. The van der Waals surface area contributed by atoms with E-state index in [-0.39, 0.29) is 0 Å². The SMILES string of the molecule is CCCCCCc1ccc(Sc2ccccc2C)cc1. The molecule has 2 rings (SSSR count). The molecule has 0 radical (unpaired) electrons. The highest BCUT2D eigenvalue weighted by Crippen LogP contribution is 2.30. The molecule has 1 heteroatoms. The molecule has 106 valence electrons. The lowest BCUT2D eigenvalue weighted by Crippen LogP contribution is -1.86. The Hall–Kier alpha value is -1.21. The van der Waals surface area contributed by atoms with E-state index in [2.05, 4.69) is 62.4 Å². The maximum absolute atomic E-state index is 2.28. The zero-order valence-electron chi connectivity index (χ0n) is 12.6. The van der Waals surface area contributed by atoms with E-state index in [1.165, 1.54) is 53.0 Å². The third-order valence-electron chi connectivity index (χ3n) is 3.56. The summed E-state index contributed by atoms with van der Waals surface area (Å²) in [7, 11) is 0. The highest BCUT2D eigenvalue weighted by atomic mass is 32.2. The Balaban J connectivity index is 1.90. The zero-order valence-corrected chi connectivity index (χ0v) is 13.4. The van der Waals surface area contributed by atoms with Crippen LogP contribution < -0.4 is 0 Å². The molecule has 2 aromatic rings. The number of unbranched alkanes of at least 4 members (excludes halogenated alkanes) is 3. The van der Waals surface area contributed by atoms with E-state index in [0.717, 1.165) is 0 Å². The zero-order chi connectivity index (χ0) is 14.2. The summed E-state index contributed by atoms with van der Waals surface area (Å²) in [6.07, 6.45) is 6.57. The van der Waals surface area contributed by atoms with E-state index in [9.17, 15) is 0 Å². The minimum absolute atomic E-state index is 1.22. The Morgan fingerprint density at radius 2 is 1.60 bits per heavy atom. The predicted molar refractivity (Wildman–Crippen MR) is 89.6 cm³/mol. The standard InChI is InChI=1S/C19H24S/c1-3-4-5-6-10-17-12-14-18(15-13-17)20-19-11-8-7-9-16(19)2/h7-9,11-15H,3-6,10H2,1-2H3. The predicted octanol–water partition coefficient (Wildman–Crippen LogP) is 6.27. The number of aryl methyl sites for hydroxylation is 2. The van der Waals surface area contributed by atoms with Gasteiger partial charge in [0.15, 0.2) is 0 Å². The van der Waals surface area contributed by atoms with E-state index in [1.54, 1.807) is 0 Å². The maximum atomic E-state index is 2.28. The number of hydrogen-bond acceptors (Lipinski definition) is 1. The van der Waals surface area contributed by atoms with Crippen LogP contribution in [0.4, 0.5) is 0 Å². The first-order chi connectivity index (χ1) is 9.79. The first-order valence-corrected chi connectivity index (χ1v) is 8.43. The molecular formula is C19H24S. The van der Waals surface area contributed by atoms with Crippen molar-refractivity contribution in [3.63, 3.8) is 0 Å². The summed E-state index contributed by atoms with van der Waals surface area (Å²) in [6.45, 7) is 4.43.